The molecule has 0 aliphatic carbocycles. The topological polar surface area (TPSA) is 27.8 Å². The number of hydrogen-bond donors (Lipinski definition) is 2. The summed E-state index contributed by atoms with van der Waals surface area (Å²) in [5.74, 6) is 0. The van der Waals surface area contributed by atoms with Gasteiger partial charge in [0, 0.05) is 23.6 Å². The van der Waals surface area contributed by atoms with Crippen molar-refractivity contribution in [3.63, 3.8) is 0 Å². The zero-order valence-corrected chi connectivity index (χ0v) is 9.17. The fourth-order valence-electron chi connectivity index (χ4n) is 1.83. The molecule has 0 bridgehead atoms. The van der Waals surface area contributed by atoms with E-state index >= 15 is 0 Å². The van der Waals surface area contributed by atoms with Crippen molar-refractivity contribution in [2.75, 3.05) is 13.6 Å². The zero-order valence-electron chi connectivity index (χ0n) is 9.17. The summed E-state index contributed by atoms with van der Waals surface area (Å²) >= 11 is 0. The fraction of sp³-hybridized carbons (Fsp3) is 0.231. The summed E-state index contributed by atoms with van der Waals surface area (Å²) in [7, 11) is 1.95. The van der Waals surface area contributed by atoms with Crippen LogP contribution in [0.3, 0.4) is 0 Å². The van der Waals surface area contributed by atoms with Crippen molar-refractivity contribution < 1.29 is 0 Å². The van der Waals surface area contributed by atoms with E-state index in [2.05, 4.69) is 53.8 Å². The van der Waals surface area contributed by atoms with Crippen LogP contribution in [0.5, 0.6) is 0 Å². The minimum Gasteiger partial charge on any atom is -0.361 e. The second-order valence-electron chi connectivity index (χ2n) is 3.70. The summed E-state index contributed by atoms with van der Waals surface area (Å²) in [6.45, 7) is 3.05. The van der Waals surface area contributed by atoms with Gasteiger partial charge in [-0.05, 0) is 31.2 Å². The number of aromatic nitrogens is 1. The average Bonchev–Trinajstić information content (AvgIpc) is 2.63. The van der Waals surface area contributed by atoms with Crippen LogP contribution < -0.4 is 5.32 Å². The van der Waals surface area contributed by atoms with Crippen LogP contribution in [-0.4, -0.2) is 18.6 Å². The summed E-state index contributed by atoms with van der Waals surface area (Å²) < 4.78 is 0. The minimum absolute atomic E-state index is 0.901. The molecule has 15 heavy (non-hydrogen) atoms. The molecule has 2 N–H and O–H groups in total. The SMILES string of the molecule is CNCC=Cc1c[nH]c2cccc(C)c12. The van der Waals surface area contributed by atoms with Crippen LogP contribution in [0.25, 0.3) is 17.0 Å². The largest absolute Gasteiger partial charge is 0.361 e. The van der Waals surface area contributed by atoms with Gasteiger partial charge in [0.05, 0.1) is 0 Å². The van der Waals surface area contributed by atoms with Crippen molar-refractivity contribution in [1.82, 2.24) is 10.3 Å². The quantitative estimate of drug-likeness (QED) is 0.783. The molecule has 0 spiro atoms. The van der Waals surface area contributed by atoms with Gasteiger partial charge in [-0.25, -0.2) is 0 Å². The van der Waals surface area contributed by atoms with Crippen molar-refractivity contribution in [3.8, 4) is 0 Å². The number of H-pyrrole nitrogens is 1. The molecule has 78 valence electrons. The molecule has 0 radical (unpaired) electrons. The van der Waals surface area contributed by atoms with E-state index in [0.717, 1.165) is 6.54 Å². The predicted octanol–water partition coefficient (Wildman–Crippen LogP) is 2.71. The van der Waals surface area contributed by atoms with Crippen molar-refractivity contribution >= 4 is 17.0 Å². The summed E-state index contributed by atoms with van der Waals surface area (Å²) in [5, 5.41) is 4.42. The molecule has 1 aromatic heterocycles. The average molecular weight is 200 g/mol. The maximum atomic E-state index is 3.28. The molecule has 1 aromatic carbocycles. The Labute approximate surface area is 90.0 Å². The highest BCUT2D eigenvalue weighted by atomic mass is 14.8. The van der Waals surface area contributed by atoms with Gasteiger partial charge >= 0.3 is 0 Å². The number of likely N-dealkylation sites (N-methyl/N-ethyl adjacent to an activating group) is 1. The predicted molar refractivity (Wildman–Crippen MR) is 66.0 cm³/mol. The van der Waals surface area contributed by atoms with Crippen LogP contribution in [0.2, 0.25) is 0 Å². The van der Waals surface area contributed by atoms with Gasteiger partial charge in [0.25, 0.3) is 0 Å². The van der Waals surface area contributed by atoms with Crippen LogP contribution in [-0.2, 0) is 0 Å². The van der Waals surface area contributed by atoms with E-state index < -0.39 is 0 Å². The zero-order chi connectivity index (χ0) is 10.7. The third-order valence-electron chi connectivity index (χ3n) is 2.56. The molecule has 0 fully saturated rings. The number of benzene rings is 1. The number of fused-ring (bicyclic) bond motifs is 1. The molecular formula is C13H16N2. The molecule has 0 aliphatic rings. The molecule has 0 atom stereocenters. The van der Waals surface area contributed by atoms with Crippen LogP contribution in [0.4, 0.5) is 0 Å². The lowest BCUT2D eigenvalue weighted by Gasteiger charge is -1.97. The maximum Gasteiger partial charge on any atom is 0.0462 e. The summed E-state index contributed by atoms with van der Waals surface area (Å²) in [6.07, 6.45) is 6.35. The van der Waals surface area contributed by atoms with Crippen LogP contribution in [0.15, 0.2) is 30.5 Å². The number of hydrogen-bond acceptors (Lipinski definition) is 1. The van der Waals surface area contributed by atoms with Crippen LogP contribution in [0.1, 0.15) is 11.1 Å². The van der Waals surface area contributed by atoms with Crippen molar-refractivity contribution in [3.05, 3.63) is 41.6 Å². The molecular weight excluding hydrogens is 184 g/mol. The molecule has 2 nitrogen and oxygen atoms in total. The lowest BCUT2D eigenvalue weighted by molar-refractivity contribution is 0.922. The Morgan fingerprint density at radius 3 is 3.07 bits per heavy atom. The number of aryl methyl sites for hydroxylation is 1. The van der Waals surface area contributed by atoms with Gasteiger partial charge in [-0.3, -0.25) is 0 Å². The van der Waals surface area contributed by atoms with Gasteiger partial charge < -0.3 is 10.3 Å². The molecule has 0 aliphatic heterocycles. The van der Waals surface area contributed by atoms with Crippen molar-refractivity contribution in [2.24, 2.45) is 0 Å². The first-order chi connectivity index (χ1) is 7.33. The molecule has 1 heterocycles. The lowest BCUT2D eigenvalue weighted by Crippen LogP contribution is -2.03. The Morgan fingerprint density at radius 1 is 1.40 bits per heavy atom. The monoisotopic (exact) mass is 200 g/mol. The standard InChI is InChI=1S/C13H16N2/c1-10-5-3-7-12-13(10)11(9-15-12)6-4-8-14-2/h3-7,9,14-15H,8H2,1-2H3. The highest BCUT2D eigenvalue weighted by Crippen LogP contribution is 2.22. The smallest absolute Gasteiger partial charge is 0.0462 e. The second kappa shape index (κ2) is 4.32. The van der Waals surface area contributed by atoms with E-state index in [0.29, 0.717) is 0 Å². The van der Waals surface area contributed by atoms with E-state index in [9.17, 15) is 0 Å². The third-order valence-corrected chi connectivity index (χ3v) is 2.56. The van der Waals surface area contributed by atoms with E-state index in [-0.39, 0.29) is 0 Å². The van der Waals surface area contributed by atoms with Crippen molar-refractivity contribution in [2.45, 2.75) is 6.92 Å². The van der Waals surface area contributed by atoms with Gasteiger partial charge in [0.15, 0.2) is 0 Å². The fourth-order valence-corrected chi connectivity index (χ4v) is 1.83. The molecule has 2 aromatic rings. The highest BCUT2D eigenvalue weighted by molar-refractivity contribution is 5.91. The van der Waals surface area contributed by atoms with E-state index in [1.165, 1.54) is 22.0 Å². The van der Waals surface area contributed by atoms with Gasteiger partial charge in [-0.15, -0.1) is 0 Å². The summed E-state index contributed by atoms with van der Waals surface area (Å²) in [5.41, 5.74) is 3.79. The lowest BCUT2D eigenvalue weighted by atomic mass is 10.1. The van der Waals surface area contributed by atoms with E-state index in [1.807, 2.05) is 7.05 Å². The van der Waals surface area contributed by atoms with Gasteiger partial charge in [0.2, 0.25) is 0 Å². The summed E-state index contributed by atoms with van der Waals surface area (Å²) in [4.78, 5) is 3.28. The highest BCUT2D eigenvalue weighted by Gasteiger charge is 2.02. The van der Waals surface area contributed by atoms with Gasteiger partial charge in [-0.1, -0.05) is 24.3 Å². The molecule has 2 heteroatoms. The minimum atomic E-state index is 0.901. The second-order valence-corrected chi connectivity index (χ2v) is 3.70. The Balaban J connectivity index is 2.44. The Morgan fingerprint density at radius 2 is 2.27 bits per heavy atom. The molecule has 0 saturated heterocycles. The third kappa shape index (κ3) is 1.95. The summed E-state index contributed by atoms with van der Waals surface area (Å²) in [6, 6.07) is 6.33. The number of rotatable bonds is 3. The Kier molecular flexibility index (Phi) is 2.88. The molecule has 0 amide bonds. The first kappa shape index (κ1) is 9.99. The Hall–Kier alpha value is -1.54. The van der Waals surface area contributed by atoms with Crippen molar-refractivity contribution in [1.29, 1.82) is 0 Å². The molecule has 0 saturated carbocycles. The number of nitrogens with one attached hydrogen (secondary N) is 2. The maximum absolute atomic E-state index is 3.28. The van der Waals surface area contributed by atoms with Crippen LogP contribution >= 0.6 is 0 Å². The van der Waals surface area contributed by atoms with Gasteiger partial charge in [0.1, 0.15) is 0 Å². The Bertz CT molecular complexity index is 480. The first-order valence-corrected chi connectivity index (χ1v) is 5.21. The normalized spacial score (nSPS) is 11.6. The van der Waals surface area contributed by atoms with E-state index in [4.69, 9.17) is 0 Å². The number of aromatic amines is 1. The van der Waals surface area contributed by atoms with E-state index in [1.54, 1.807) is 0 Å². The van der Waals surface area contributed by atoms with Crippen LogP contribution in [0, 0.1) is 6.92 Å². The molecule has 2 rings (SSSR count). The molecule has 0 unspecified atom stereocenters. The van der Waals surface area contributed by atoms with Gasteiger partial charge in [-0.2, -0.15) is 0 Å². The first-order valence-electron chi connectivity index (χ1n) is 5.21.